The molecule has 11 heavy (non-hydrogen) atoms. The third kappa shape index (κ3) is 1.95. The third-order valence-electron chi connectivity index (χ3n) is 2.55. The first-order chi connectivity index (χ1) is 5.25. The monoisotopic (exact) mass is 150 g/mol. The molecule has 0 aromatic carbocycles. The van der Waals surface area contributed by atoms with Gasteiger partial charge in [-0.25, -0.2) is 0 Å². The Morgan fingerprint density at radius 2 is 2.36 bits per heavy atom. The Balaban J connectivity index is 2.49. The Hall–Kier alpha value is -0.520. The number of hydrogen-bond donors (Lipinski definition) is 0. The predicted octanol–water partition coefficient (Wildman–Crippen LogP) is 3.55. The van der Waals surface area contributed by atoms with Crippen LogP contribution in [0.5, 0.6) is 0 Å². The van der Waals surface area contributed by atoms with Gasteiger partial charge in [-0.15, -0.1) is 0 Å². The maximum absolute atomic E-state index is 4.03. The number of hydrogen-bond acceptors (Lipinski definition) is 0. The molecule has 0 heteroatoms. The summed E-state index contributed by atoms with van der Waals surface area (Å²) in [4.78, 5) is 0. The topological polar surface area (TPSA) is 0 Å². The number of rotatable bonds is 3. The van der Waals surface area contributed by atoms with Crippen LogP contribution in [0, 0.1) is 11.8 Å². The van der Waals surface area contributed by atoms with Crippen LogP contribution in [0.3, 0.4) is 0 Å². The van der Waals surface area contributed by atoms with Crippen molar-refractivity contribution < 1.29 is 0 Å². The molecule has 0 spiro atoms. The summed E-state index contributed by atoms with van der Waals surface area (Å²) in [7, 11) is 0. The van der Waals surface area contributed by atoms with E-state index in [0.717, 1.165) is 11.8 Å². The second kappa shape index (κ2) is 3.75. The maximum atomic E-state index is 4.03. The molecule has 0 fully saturated rings. The van der Waals surface area contributed by atoms with E-state index in [1.165, 1.54) is 24.8 Å². The van der Waals surface area contributed by atoms with Crippen molar-refractivity contribution in [2.24, 2.45) is 11.8 Å². The van der Waals surface area contributed by atoms with Gasteiger partial charge < -0.3 is 0 Å². The third-order valence-corrected chi connectivity index (χ3v) is 2.55. The minimum Gasteiger partial charge on any atom is -0.0998 e. The van der Waals surface area contributed by atoms with E-state index in [1.807, 2.05) is 0 Å². The molecule has 0 nitrogen and oxygen atoms in total. The molecule has 2 atom stereocenters. The molecule has 0 saturated carbocycles. The Labute approximate surface area is 70.0 Å². The van der Waals surface area contributed by atoms with Crippen LogP contribution >= 0.6 is 0 Å². The maximum Gasteiger partial charge on any atom is -0.0111 e. The van der Waals surface area contributed by atoms with Crippen LogP contribution in [0.1, 0.15) is 33.1 Å². The smallest absolute Gasteiger partial charge is 0.0111 e. The summed E-state index contributed by atoms with van der Waals surface area (Å²) in [5.41, 5.74) is 1.36. The average Bonchev–Trinajstić information content (AvgIpc) is 2.36. The van der Waals surface area contributed by atoms with Gasteiger partial charge in [0.1, 0.15) is 0 Å². The molecule has 1 aliphatic carbocycles. The highest BCUT2D eigenvalue weighted by atomic mass is 14.3. The van der Waals surface area contributed by atoms with Gasteiger partial charge in [0, 0.05) is 0 Å². The molecule has 1 rings (SSSR count). The summed E-state index contributed by atoms with van der Waals surface area (Å²) >= 11 is 0. The van der Waals surface area contributed by atoms with Crippen molar-refractivity contribution in [1.29, 1.82) is 0 Å². The molecule has 0 aliphatic heterocycles. The van der Waals surface area contributed by atoms with E-state index in [1.54, 1.807) is 0 Å². The van der Waals surface area contributed by atoms with E-state index in [9.17, 15) is 0 Å². The zero-order valence-electron chi connectivity index (χ0n) is 7.64. The molecule has 62 valence electrons. The van der Waals surface area contributed by atoms with Gasteiger partial charge >= 0.3 is 0 Å². The van der Waals surface area contributed by atoms with Gasteiger partial charge in [-0.05, 0) is 31.6 Å². The van der Waals surface area contributed by atoms with Gasteiger partial charge in [0.2, 0.25) is 0 Å². The van der Waals surface area contributed by atoms with Crippen LogP contribution in [0.4, 0.5) is 0 Å². The van der Waals surface area contributed by atoms with E-state index in [-0.39, 0.29) is 0 Å². The Morgan fingerprint density at radius 3 is 2.91 bits per heavy atom. The van der Waals surface area contributed by atoms with Crippen LogP contribution in [0.2, 0.25) is 0 Å². The fraction of sp³-hybridized carbons (Fsp3) is 0.636. The van der Waals surface area contributed by atoms with Crippen LogP contribution in [0.25, 0.3) is 0 Å². The highest BCUT2D eigenvalue weighted by Crippen LogP contribution is 2.33. The summed E-state index contributed by atoms with van der Waals surface area (Å²) < 4.78 is 0. The van der Waals surface area contributed by atoms with Crippen molar-refractivity contribution in [3.05, 3.63) is 24.3 Å². The van der Waals surface area contributed by atoms with Crippen molar-refractivity contribution in [2.45, 2.75) is 33.1 Å². The van der Waals surface area contributed by atoms with Gasteiger partial charge in [-0.1, -0.05) is 37.6 Å². The zero-order valence-corrected chi connectivity index (χ0v) is 7.64. The van der Waals surface area contributed by atoms with Crippen LogP contribution in [-0.2, 0) is 0 Å². The van der Waals surface area contributed by atoms with Crippen LogP contribution in [0.15, 0.2) is 24.3 Å². The Kier molecular flexibility index (Phi) is 2.92. The average molecular weight is 150 g/mol. The van der Waals surface area contributed by atoms with E-state index in [4.69, 9.17) is 0 Å². The van der Waals surface area contributed by atoms with Crippen molar-refractivity contribution in [1.82, 2.24) is 0 Å². The Bertz CT molecular complexity index is 165. The lowest BCUT2D eigenvalue weighted by Gasteiger charge is -2.18. The highest BCUT2D eigenvalue weighted by Gasteiger charge is 2.21. The molecule has 0 amide bonds. The van der Waals surface area contributed by atoms with Crippen LogP contribution < -0.4 is 0 Å². The van der Waals surface area contributed by atoms with Crippen molar-refractivity contribution in [3.8, 4) is 0 Å². The van der Waals surface area contributed by atoms with Gasteiger partial charge in [0.05, 0.1) is 0 Å². The van der Waals surface area contributed by atoms with Crippen molar-refractivity contribution >= 4 is 0 Å². The molecule has 2 unspecified atom stereocenters. The van der Waals surface area contributed by atoms with Crippen LogP contribution in [-0.4, -0.2) is 0 Å². The highest BCUT2D eigenvalue weighted by molar-refractivity contribution is 5.12. The fourth-order valence-electron chi connectivity index (χ4n) is 1.91. The second-order valence-corrected chi connectivity index (χ2v) is 3.57. The van der Waals surface area contributed by atoms with Crippen molar-refractivity contribution in [3.63, 3.8) is 0 Å². The minimum atomic E-state index is 0.745. The lowest BCUT2D eigenvalue weighted by molar-refractivity contribution is 0.452. The molecule has 0 aromatic heterocycles. The number of allylic oxidation sites excluding steroid dienone is 3. The lowest BCUT2D eigenvalue weighted by atomic mass is 9.87. The Morgan fingerprint density at radius 1 is 1.64 bits per heavy atom. The van der Waals surface area contributed by atoms with Crippen molar-refractivity contribution in [2.75, 3.05) is 0 Å². The molecular weight excluding hydrogens is 132 g/mol. The first-order valence-electron chi connectivity index (χ1n) is 4.57. The molecule has 0 heterocycles. The summed E-state index contributed by atoms with van der Waals surface area (Å²) in [6.45, 7) is 8.43. The van der Waals surface area contributed by atoms with E-state index < -0.39 is 0 Å². The zero-order chi connectivity index (χ0) is 8.27. The summed E-state index contributed by atoms with van der Waals surface area (Å²) in [6.07, 6.45) is 8.51. The molecule has 0 bridgehead atoms. The molecule has 0 radical (unpaired) electrons. The van der Waals surface area contributed by atoms with E-state index in [2.05, 4.69) is 32.6 Å². The lowest BCUT2D eigenvalue weighted by Crippen LogP contribution is -2.08. The summed E-state index contributed by atoms with van der Waals surface area (Å²) in [6, 6.07) is 0. The second-order valence-electron chi connectivity index (χ2n) is 3.57. The van der Waals surface area contributed by atoms with Gasteiger partial charge in [0.25, 0.3) is 0 Å². The normalized spacial score (nSPS) is 29.3. The molecule has 0 N–H and O–H groups in total. The summed E-state index contributed by atoms with van der Waals surface area (Å²) in [5, 5.41) is 0. The standard InChI is InChI=1S/C11H18/c1-4-6-10-7-5-8-11(10)9(2)3/h5,7,10-11H,2,4,6,8H2,1,3H3. The summed E-state index contributed by atoms with van der Waals surface area (Å²) in [5.74, 6) is 1.53. The van der Waals surface area contributed by atoms with Gasteiger partial charge in [-0.2, -0.15) is 0 Å². The molecule has 0 aromatic rings. The van der Waals surface area contributed by atoms with E-state index in [0.29, 0.717) is 0 Å². The van der Waals surface area contributed by atoms with Gasteiger partial charge in [0.15, 0.2) is 0 Å². The predicted molar refractivity (Wildman–Crippen MR) is 50.5 cm³/mol. The minimum absolute atomic E-state index is 0.745. The SMILES string of the molecule is C=C(C)C1CC=CC1CCC. The quantitative estimate of drug-likeness (QED) is 0.540. The fourth-order valence-corrected chi connectivity index (χ4v) is 1.91. The van der Waals surface area contributed by atoms with Gasteiger partial charge in [-0.3, -0.25) is 0 Å². The molecular formula is C11H18. The molecule has 0 saturated heterocycles. The first-order valence-corrected chi connectivity index (χ1v) is 4.57. The van der Waals surface area contributed by atoms with E-state index >= 15 is 0 Å². The molecule has 1 aliphatic rings. The first kappa shape index (κ1) is 8.58. The largest absolute Gasteiger partial charge is 0.0998 e.